The molecule has 3 rings (SSSR count). The highest BCUT2D eigenvalue weighted by Gasteiger charge is 2.30. The predicted octanol–water partition coefficient (Wildman–Crippen LogP) is 3.32. The van der Waals surface area contributed by atoms with Gasteiger partial charge in [0.1, 0.15) is 6.26 Å². The number of piperidine rings is 1. The molecule has 4 nitrogen and oxygen atoms in total. The maximum absolute atomic E-state index is 12.6. The van der Waals surface area contributed by atoms with Crippen LogP contribution in [0.15, 0.2) is 34.9 Å². The van der Waals surface area contributed by atoms with Crippen LogP contribution in [0.2, 0.25) is 0 Å². The van der Waals surface area contributed by atoms with E-state index in [0.717, 1.165) is 43.8 Å². The van der Waals surface area contributed by atoms with Crippen molar-refractivity contribution in [3.63, 3.8) is 0 Å². The van der Waals surface area contributed by atoms with Crippen molar-refractivity contribution < 1.29 is 22.7 Å². The Morgan fingerprint density at radius 1 is 1.17 bits per heavy atom. The molecule has 0 spiro atoms. The number of oxazole rings is 1. The number of aliphatic hydroxyl groups is 1. The Bertz CT molecular complexity index is 644. The quantitative estimate of drug-likeness (QED) is 0.940. The summed E-state index contributed by atoms with van der Waals surface area (Å²) in [4.78, 5) is 6.50. The standard InChI is InChI=1S/C16H17F3N2O2/c17-16(18,19)12-3-1-11(2-4-12)15-20-13(10-23-15)9-21-7-5-14(22)6-8-21/h1-4,10,14,22H,5-9H2. The SMILES string of the molecule is OC1CCN(Cc2coc(-c3ccc(C(F)(F)F)cc3)n2)CC1. The van der Waals surface area contributed by atoms with Crippen LogP contribution in [0.1, 0.15) is 24.1 Å². The number of benzene rings is 1. The Balaban J connectivity index is 1.67. The zero-order valence-electron chi connectivity index (χ0n) is 12.4. The summed E-state index contributed by atoms with van der Waals surface area (Å²) in [5.41, 5.74) is 0.550. The van der Waals surface area contributed by atoms with Gasteiger partial charge in [-0.1, -0.05) is 0 Å². The van der Waals surface area contributed by atoms with Gasteiger partial charge in [0.05, 0.1) is 17.4 Å². The maximum Gasteiger partial charge on any atom is 0.416 e. The van der Waals surface area contributed by atoms with Crippen LogP contribution in [0.25, 0.3) is 11.5 Å². The summed E-state index contributed by atoms with van der Waals surface area (Å²) in [6.07, 6.45) is -1.57. The molecule has 1 aliphatic heterocycles. The second kappa shape index (κ2) is 6.33. The number of aliphatic hydroxyl groups excluding tert-OH is 1. The van der Waals surface area contributed by atoms with Crippen molar-refractivity contribution in [3.8, 4) is 11.5 Å². The molecular weight excluding hydrogens is 309 g/mol. The van der Waals surface area contributed by atoms with E-state index in [0.29, 0.717) is 18.0 Å². The van der Waals surface area contributed by atoms with Crippen LogP contribution in [0.3, 0.4) is 0 Å². The predicted molar refractivity (Wildman–Crippen MR) is 77.5 cm³/mol. The van der Waals surface area contributed by atoms with Gasteiger partial charge in [-0.3, -0.25) is 4.90 Å². The largest absolute Gasteiger partial charge is 0.444 e. The summed E-state index contributed by atoms with van der Waals surface area (Å²) in [6.45, 7) is 2.20. The first-order valence-electron chi connectivity index (χ1n) is 7.44. The lowest BCUT2D eigenvalue weighted by molar-refractivity contribution is -0.137. The van der Waals surface area contributed by atoms with E-state index in [4.69, 9.17) is 4.42 Å². The first kappa shape index (κ1) is 16.0. The Morgan fingerprint density at radius 3 is 2.43 bits per heavy atom. The molecule has 1 saturated heterocycles. The number of rotatable bonds is 3. The van der Waals surface area contributed by atoms with E-state index in [1.165, 1.54) is 18.4 Å². The third-order valence-corrected chi connectivity index (χ3v) is 3.95. The summed E-state index contributed by atoms with van der Waals surface area (Å²) in [5.74, 6) is 0.311. The van der Waals surface area contributed by atoms with E-state index in [9.17, 15) is 18.3 Å². The van der Waals surface area contributed by atoms with Crippen molar-refractivity contribution in [2.75, 3.05) is 13.1 Å². The molecule has 23 heavy (non-hydrogen) atoms. The van der Waals surface area contributed by atoms with Gasteiger partial charge in [0, 0.05) is 25.2 Å². The minimum atomic E-state index is -4.35. The highest BCUT2D eigenvalue weighted by atomic mass is 19.4. The van der Waals surface area contributed by atoms with Crippen LogP contribution in [0.5, 0.6) is 0 Å². The highest BCUT2D eigenvalue weighted by molar-refractivity contribution is 5.53. The topological polar surface area (TPSA) is 49.5 Å². The van der Waals surface area contributed by atoms with Crippen LogP contribution in [0, 0.1) is 0 Å². The first-order chi connectivity index (χ1) is 10.9. The zero-order chi connectivity index (χ0) is 16.4. The third kappa shape index (κ3) is 3.92. The van der Waals surface area contributed by atoms with Crippen molar-refractivity contribution in [1.82, 2.24) is 9.88 Å². The van der Waals surface area contributed by atoms with Crippen LogP contribution < -0.4 is 0 Å². The van der Waals surface area contributed by atoms with Crippen molar-refractivity contribution in [3.05, 3.63) is 41.8 Å². The minimum absolute atomic E-state index is 0.230. The van der Waals surface area contributed by atoms with E-state index in [2.05, 4.69) is 9.88 Å². The van der Waals surface area contributed by atoms with E-state index < -0.39 is 11.7 Å². The normalized spacial score (nSPS) is 17.6. The molecule has 7 heteroatoms. The van der Waals surface area contributed by atoms with E-state index in [1.807, 2.05) is 0 Å². The van der Waals surface area contributed by atoms with Gasteiger partial charge in [-0.2, -0.15) is 13.2 Å². The summed E-state index contributed by atoms with van der Waals surface area (Å²) in [5, 5.41) is 9.48. The molecule has 1 N–H and O–H groups in total. The van der Waals surface area contributed by atoms with Crippen molar-refractivity contribution in [2.45, 2.75) is 31.7 Å². The molecular formula is C16H17F3N2O2. The lowest BCUT2D eigenvalue weighted by Crippen LogP contribution is -2.35. The molecule has 0 amide bonds. The fourth-order valence-corrected chi connectivity index (χ4v) is 2.62. The maximum atomic E-state index is 12.6. The van der Waals surface area contributed by atoms with Gasteiger partial charge in [-0.15, -0.1) is 0 Å². The molecule has 1 aromatic heterocycles. The van der Waals surface area contributed by atoms with Gasteiger partial charge in [0.2, 0.25) is 5.89 Å². The molecule has 0 radical (unpaired) electrons. The summed E-state index contributed by atoms with van der Waals surface area (Å²) >= 11 is 0. The molecule has 0 unspecified atom stereocenters. The van der Waals surface area contributed by atoms with Crippen molar-refractivity contribution in [2.24, 2.45) is 0 Å². The number of alkyl halides is 3. The van der Waals surface area contributed by atoms with E-state index in [1.54, 1.807) is 0 Å². The number of likely N-dealkylation sites (tertiary alicyclic amines) is 1. The Labute approximate surface area is 131 Å². The number of hydrogen-bond donors (Lipinski definition) is 1. The monoisotopic (exact) mass is 326 g/mol. The second-order valence-corrected chi connectivity index (χ2v) is 5.73. The Hall–Kier alpha value is -1.86. The molecule has 1 aromatic carbocycles. The van der Waals surface area contributed by atoms with E-state index >= 15 is 0 Å². The first-order valence-corrected chi connectivity index (χ1v) is 7.44. The van der Waals surface area contributed by atoms with Gasteiger partial charge >= 0.3 is 6.18 Å². The fourth-order valence-electron chi connectivity index (χ4n) is 2.62. The molecule has 124 valence electrons. The van der Waals surface area contributed by atoms with Gasteiger partial charge in [0.25, 0.3) is 0 Å². The van der Waals surface area contributed by atoms with Crippen molar-refractivity contribution >= 4 is 0 Å². The van der Waals surface area contributed by atoms with Crippen LogP contribution >= 0.6 is 0 Å². The van der Waals surface area contributed by atoms with Crippen LogP contribution in [-0.2, 0) is 12.7 Å². The molecule has 0 atom stereocenters. The Kier molecular flexibility index (Phi) is 4.41. The smallest absolute Gasteiger partial charge is 0.416 e. The average Bonchev–Trinajstić information content (AvgIpc) is 2.97. The molecule has 2 heterocycles. The Morgan fingerprint density at radius 2 is 1.83 bits per heavy atom. The average molecular weight is 326 g/mol. The van der Waals surface area contributed by atoms with E-state index in [-0.39, 0.29) is 6.10 Å². The highest BCUT2D eigenvalue weighted by Crippen LogP contribution is 2.30. The lowest BCUT2D eigenvalue weighted by Gasteiger charge is -2.28. The van der Waals surface area contributed by atoms with Gasteiger partial charge in [0.15, 0.2) is 0 Å². The lowest BCUT2D eigenvalue weighted by atomic mass is 10.1. The van der Waals surface area contributed by atoms with Crippen LogP contribution in [0.4, 0.5) is 13.2 Å². The number of hydrogen-bond acceptors (Lipinski definition) is 4. The number of halogens is 3. The molecule has 0 aliphatic carbocycles. The molecule has 2 aromatic rings. The van der Waals surface area contributed by atoms with Gasteiger partial charge in [-0.05, 0) is 37.1 Å². The fraction of sp³-hybridized carbons (Fsp3) is 0.438. The zero-order valence-corrected chi connectivity index (χ0v) is 12.4. The van der Waals surface area contributed by atoms with Crippen LogP contribution in [-0.4, -0.2) is 34.2 Å². The minimum Gasteiger partial charge on any atom is -0.444 e. The number of nitrogens with zero attached hydrogens (tertiary/aromatic N) is 2. The van der Waals surface area contributed by atoms with Crippen molar-refractivity contribution in [1.29, 1.82) is 0 Å². The number of aromatic nitrogens is 1. The summed E-state index contributed by atoms with van der Waals surface area (Å²) < 4.78 is 43.0. The van der Waals surface area contributed by atoms with Gasteiger partial charge in [-0.25, -0.2) is 4.98 Å². The molecule has 1 fully saturated rings. The molecule has 0 saturated carbocycles. The molecule has 0 bridgehead atoms. The van der Waals surface area contributed by atoms with Gasteiger partial charge < -0.3 is 9.52 Å². The second-order valence-electron chi connectivity index (χ2n) is 5.73. The molecule has 1 aliphatic rings. The summed E-state index contributed by atoms with van der Waals surface area (Å²) in [6, 6.07) is 4.75. The third-order valence-electron chi connectivity index (χ3n) is 3.95. The summed E-state index contributed by atoms with van der Waals surface area (Å²) in [7, 11) is 0.